The van der Waals surface area contributed by atoms with Crippen LogP contribution in [0.25, 0.3) is 0 Å². The van der Waals surface area contributed by atoms with Gasteiger partial charge >= 0.3 is 0 Å². The Hall–Kier alpha value is -1.32. The minimum atomic E-state index is 0.529. The van der Waals surface area contributed by atoms with Crippen LogP contribution in [0.5, 0.6) is 0 Å². The molecule has 10 heavy (non-hydrogen) atoms. The molecule has 0 spiro atoms. The Labute approximate surface area is 59.6 Å². The van der Waals surface area contributed by atoms with Crippen LogP contribution in [-0.2, 0) is 0 Å². The number of nitrogen functional groups attached to an aromatic ring is 2. The summed E-state index contributed by atoms with van der Waals surface area (Å²) in [5.41, 5.74) is 13.5. The topological polar surface area (TPSA) is 79.9 Å². The van der Waals surface area contributed by atoms with Gasteiger partial charge in [0.15, 0.2) is 0 Å². The van der Waals surface area contributed by atoms with Crippen molar-refractivity contribution in [3.8, 4) is 0 Å². The third kappa shape index (κ3) is 0.775. The summed E-state index contributed by atoms with van der Waals surface area (Å²) >= 11 is 0. The van der Waals surface area contributed by atoms with Gasteiger partial charge in [-0.05, 0) is 6.92 Å². The van der Waals surface area contributed by atoms with Crippen molar-refractivity contribution in [2.24, 2.45) is 0 Å². The Morgan fingerprint density at radius 3 is 2.20 bits per heavy atom. The summed E-state index contributed by atoms with van der Waals surface area (Å²) in [5.74, 6) is 0.529. The van der Waals surface area contributed by atoms with Gasteiger partial charge in [-0.3, -0.25) is 0 Å². The predicted octanol–water partition coefficient (Wildman–Crippen LogP) is 0.529. The maximum absolute atomic E-state index is 5.60. The highest BCUT2D eigenvalue weighted by Crippen LogP contribution is 2.27. The second kappa shape index (κ2) is 2.13. The molecule has 0 amide bonds. The highest BCUT2D eigenvalue weighted by Gasteiger charge is 2.06. The number of aromatic amines is 1. The molecular weight excluding hydrogens is 128 g/mol. The monoisotopic (exact) mass is 140 g/mol. The molecule has 0 bridgehead atoms. The van der Waals surface area contributed by atoms with Crippen molar-refractivity contribution < 1.29 is 0 Å². The van der Waals surface area contributed by atoms with E-state index < -0.39 is 0 Å². The molecule has 0 radical (unpaired) electrons. The van der Waals surface area contributed by atoms with Gasteiger partial charge in [0.25, 0.3) is 0 Å². The van der Waals surface area contributed by atoms with E-state index in [0.29, 0.717) is 11.5 Å². The number of aromatic nitrogens is 1. The number of nitrogens with one attached hydrogen (secondary N) is 2. The molecule has 56 valence electrons. The SMILES string of the molecule is CNc1c(C)[nH]c(N)c1N. The van der Waals surface area contributed by atoms with E-state index in [4.69, 9.17) is 11.5 Å². The average molecular weight is 140 g/mol. The zero-order valence-corrected chi connectivity index (χ0v) is 6.15. The first-order chi connectivity index (χ1) is 4.66. The van der Waals surface area contributed by atoms with E-state index in [0.717, 1.165) is 11.4 Å². The Morgan fingerprint density at radius 2 is 2.00 bits per heavy atom. The van der Waals surface area contributed by atoms with Crippen LogP contribution in [-0.4, -0.2) is 12.0 Å². The molecule has 0 atom stereocenters. The van der Waals surface area contributed by atoms with E-state index in [1.807, 2.05) is 14.0 Å². The fraction of sp³-hybridized carbons (Fsp3) is 0.333. The van der Waals surface area contributed by atoms with Crippen molar-refractivity contribution in [2.75, 3.05) is 23.8 Å². The van der Waals surface area contributed by atoms with Crippen LogP contribution >= 0.6 is 0 Å². The molecule has 1 heterocycles. The second-order valence-corrected chi connectivity index (χ2v) is 2.20. The normalized spacial score (nSPS) is 9.80. The average Bonchev–Trinajstić information content (AvgIpc) is 2.09. The van der Waals surface area contributed by atoms with Gasteiger partial charge in [-0.2, -0.15) is 0 Å². The first-order valence-corrected chi connectivity index (χ1v) is 3.08. The number of hydrogen-bond acceptors (Lipinski definition) is 3. The second-order valence-electron chi connectivity index (χ2n) is 2.20. The van der Waals surface area contributed by atoms with Crippen molar-refractivity contribution in [3.05, 3.63) is 5.69 Å². The molecule has 0 aliphatic heterocycles. The molecule has 0 aliphatic carbocycles. The Balaban J connectivity index is 3.20. The molecule has 0 saturated heterocycles. The summed E-state index contributed by atoms with van der Waals surface area (Å²) in [4.78, 5) is 2.92. The predicted molar refractivity (Wildman–Crippen MR) is 43.9 cm³/mol. The molecule has 0 fully saturated rings. The molecule has 0 unspecified atom stereocenters. The van der Waals surface area contributed by atoms with Crippen molar-refractivity contribution in [1.29, 1.82) is 0 Å². The van der Waals surface area contributed by atoms with Crippen LogP contribution in [0.1, 0.15) is 5.69 Å². The zero-order valence-electron chi connectivity index (χ0n) is 6.15. The Kier molecular flexibility index (Phi) is 1.45. The minimum Gasteiger partial charge on any atom is -0.394 e. The van der Waals surface area contributed by atoms with Gasteiger partial charge in [-0.1, -0.05) is 0 Å². The van der Waals surface area contributed by atoms with E-state index >= 15 is 0 Å². The van der Waals surface area contributed by atoms with E-state index in [9.17, 15) is 0 Å². The third-order valence-corrected chi connectivity index (χ3v) is 1.51. The summed E-state index contributed by atoms with van der Waals surface area (Å²) in [6, 6.07) is 0. The lowest BCUT2D eigenvalue weighted by Crippen LogP contribution is -1.95. The van der Waals surface area contributed by atoms with Crippen molar-refractivity contribution in [2.45, 2.75) is 6.92 Å². The number of H-pyrrole nitrogens is 1. The van der Waals surface area contributed by atoms with Crippen LogP contribution in [0.4, 0.5) is 17.2 Å². The molecular formula is C6H12N4. The van der Waals surface area contributed by atoms with Crippen molar-refractivity contribution in [1.82, 2.24) is 4.98 Å². The molecule has 0 saturated carbocycles. The Bertz CT molecular complexity index is 238. The van der Waals surface area contributed by atoms with Gasteiger partial charge < -0.3 is 21.8 Å². The zero-order chi connectivity index (χ0) is 7.72. The van der Waals surface area contributed by atoms with Gasteiger partial charge in [-0.15, -0.1) is 0 Å². The van der Waals surface area contributed by atoms with E-state index in [1.165, 1.54) is 0 Å². The van der Waals surface area contributed by atoms with E-state index in [-0.39, 0.29) is 0 Å². The molecule has 0 aromatic carbocycles. The van der Waals surface area contributed by atoms with Crippen LogP contribution in [0.3, 0.4) is 0 Å². The summed E-state index contributed by atoms with van der Waals surface area (Å²) in [7, 11) is 1.81. The maximum atomic E-state index is 5.60. The highest BCUT2D eigenvalue weighted by atomic mass is 15.0. The Morgan fingerprint density at radius 1 is 1.40 bits per heavy atom. The summed E-state index contributed by atoms with van der Waals surface area (Å²) in [6.45, 7) is 1.92. The minimum absolute atomic E-state index is 0.529. The standard InChI is InChI=1S/C6H12N4/c1-3-5(9-2)4(7)6(8)10-3/h9-10H,7-8H2,1-2H3. The first kappa shape index (κ1) is 6.80. The van der Waals surface area contributed by atoms with Crippen molar-refractivity contribution in [3.63, 3.8) is 0 Å². The molecule has 0 aliphatic rings. The van der Waals surface area contributed by atoms with E-state index in [2.05, 4.69) is 10.3 Å². The molecule has 4 heteroatoms. The fourth-order valence-electron chi connectivity index (χ4n) is 0.991. The molecule has 1 rings (SSSR count). The van der Waals surface area contributed by atoms with Crippen LogP contribution < -0.4 is 16.8 Å². The number of aryl methyl sites for hydroxylation is 1. The van der Waals surface area contributed by atoms with E-state index in [1.54, 1.807) is 0 Å². The van der Waals surface area contributed by atoms with Crippen LogP contribution in [0, 0.1) is 6.92 Å². The van der Waals surface area contributed by atoms with Crippen LogP contribution in [0.2, 0.25) is 0 Å². The van der Waals surface area contributed by atoms with Gasteiger partial charge in [0.05, 0.1) is 11.4 Å². The van der Waals surface area contributed by atoms with Crippen molar-refractivity contribution >= 4 is 17.2 Å². The fourth-order valence-corrected chi connectivity index (χ4v) is 0.991. The molecule has 1 aromatic rings. The summed E-state index contributed by atoms with van der Waals surface area (Å²) < 4.78 is 0. The highest BCUT2D eigenvalue weighted by molar-refractivity contribution is 5.79. The lowest BCUT2D eigenvalue weighted by Gasteiger charge is -1.97. The molecule has 1 aromatic heterocycles. The van der Waals surface area contributed by atoms with Crippen LogP contribution in [0.15, 0.2) is 0 Å². The van der Waals surface area contributed by atoms with Gasteiger partial charge in [0.2, 0.25) is 0 Å². The largest absolute Gasteiger partial charge is 0.394 e. The summed E-state index contributed by atoms with van der Waals surface area (Å²) in [6.07, 6.45) is 0. The smallest absolute Gasteiger partial charge is 0.126 e. The lowest BCUT2D eigenvalue weighted by atomic mass is 10.3. The number of hydrogen-bond donors (Lipinski definition) is 4. The van der Waals surface area contributed by atoms with Gasteiger partial charge in [0.1, 0.15) is 5.82 Å². The molecule has 4 nitrogen and oxygen atoms in total. The summed E-state index contributed by atoms with van der Waals surface area (Å²) in [5, 5.41) is 2.95. The number of rotatable bonds is 1. The third-order valence-electron chi connectivity index (χ3n) is 1.51. The van der Waals surface area contributed by atoms with Gasteiger partial charge in [-0.25, -0.2) is 0 Å². The maximum Gasteiger partial charge on any atom is 0.126 e. The molecule has 6 N–H and O–H groups in total. The number of nitrogens with two attached hydrogens (primary N) is 2. The van der Waals surface area contributed by atoms with Gasteiger partial charge in [0, 0.05) is 12.7 Å². The quantitative estimate of drug-likeness (QED) is 0.459. The first-order valence-electron chi connectivity index (χ1n) is 3.08. The lowest BCUT2D eigenvalue weighted by molar-refractivity contribution is 1.26. The number of anilines is 3.